The van der Waals surface area contributed by atoms with Crippen molar-refractivity contribution in [2.24, 2.45) is 11.5 Å². The van der Waals surface area contributed by atoms with E-state index in [1.807, 2.05) is 18.2 Å². The molecule has 0 atom stereocenters. The second-order valence-electron chi connectivity index (χ2n) is 9.58. The molecule has 1 aliphatic heterocycles. The Labute approximate surface area is 217 Å². The van der Waals surface area contributed by atoms with E-state index in [1.54, 1.807) is 23.7 Å². The van der Waals surface area contributed by atoms with E-state index in [0.717, 1.165) is 69.4 Å². The summed E-state index contributed by atoms with van der Waals surface area (Å²) in [6.45, 7) is 3.71. The first-order chi connectivity index (χ1) is 18.0. The van der Waals surface area contributed by atoms with Gasteiger partial charge in [-0.1, -0.05) is 6.07 Å². The Kier molecular flexibility index (Phi) is 4.98. The van der Waals surface area contributed by atoms with Gasteiger partial charge in [-0.2, -0.15) is 5.10 Å². The molecule has 0 bridgehead atoms. The number of hydrogen-bond acceptors (Lipinski definition) is 8. The molecule has 1 saturated heterocycles. The lowest BCUT2D eigenvalue weighted by molar-refractivity contribution is 0.514. The molecule has 37 heavy (non-hydrogen) atoms. The first kappa shape index (κ1) is 22.0. The Bertz CT molecular complexity index is 1710. The Morgan fingerprint density at radius 2 is 1.95 bits per heavy atom. The van der Waals surface area contributed by atoms with Crippen LogP contribution in [0.1, 0.15) is 21.1 Å². The lowest BCUT2D eigenvalue weighted by Gasteiger charge is -2.37. The zero-order valence-corrected chi connectivity index (χ0v) is 21.0. The monoisotopic (exact) mass is 507 g/mol. The molecule has 0 saturated carbocycles. The second-order valence-corrected chi connectivity index (χ2v) is 10.9. The van der Waals surface area contributed by atoms with E-state index in [4.69, 9.17) is 21.4 Å². The molecule has 1 fully saturated rings. The Balaban J connectivity index is 1.29. The molecular weight excluding hydrogens is 482 g/mol. The SMILES string of the molecule is Cc1ccc(C2=CC=C(N)Cc3[nH]c(-c4n[nH]c5ccc(-c6cncc(N7CC(N)C7)n6)cc45)nc32)s1. The molecule has 7 rings (SSSR count). The number of thiophene rings is 1. The molecule has 184 valence electrons. The highest BCUT2D eigenvalue weighted by molar-refractivity contribution is 7.13. The third-order valence-electron chi connectivity index (χ3n) is 6.82. The summed E-state index contributed by atoms with van der Waals surface area (Å²) in [6.07, 6.45) is 8.21. The van der Waals surface area contributed by atoms with E-state index in [0.29, 0.717) is 12.2 Å². The van der Waals surface area contributed by atoms with Gasteiger partial charge < -0.3 is 21.4 Å². The average molecular weight is 508 g/mol. The number of nitrogens with two attached hydrogens (primary N) is 2. The quantitative estimate of drug-likeness (QED) is 0.290. The molecule has 5 aromatic rings. The number of imidazole rings is 1. The molecule has 1 aromatic carbocycles. The van der Waals surface area contributed by atoms with Gasteiger partial charge in [0.15, 0.2) is 5.82 Å². The molecule has 0 spiro atoms. The van der Waals surface area contributed by atoms with E-state index in [-0.39, 0.29) is 6.04 Å². The van der Waals surface area contributed by atoms with Crippen molar-refractivity contribution in [3.05, 3.63) is 81.7 Å². The molecule has 9 nitrogen and oxygen atoms in total. The number of hydrogen-bond donors (Lipinski definition) is 4. The smallest absolute Gasteiger partial charge is 0.159 e. The van der Waals surface area contributed by atoms with Crippen LogP contribution in [-0.4, -0.2) is 49.3 Å². The number of fused-ring (bicyclic) bond motifs is 2. The highest BCUT2D eigenvalue weighted by atomic mass is 32.1. The standard InChI is InChI=1S/C27H25N9S/c1-14-2-7-23(37-14)18-5-4-16(28)9-21-25(18)33-27(32-21)26-19-8-15(3-6-20(19)34-35-26)22-10-30-11-24(31-22)36-12-17(29)13-36/h2-8,10-11,17H,9,12-13,28-29H2,1H3,(H,32,33)(H,34,35). The minimum Gasteiger partial charge on any atom is -0.402 e. The van der Waals surface area contributed by atoms with Crippen LogP contribution in [0, 0.1) is 6.92 Å². The number of nitrogens with one attached hydrogen (secondary N) is 2. The van der Waals surface area contributed by atoms with E-state index < -0.39 is 0 Å². The number of nitrogens with zero attached hydrogens (tertiary/aromatic N) is 5. The van der Waals surface area contributed by atoms with Crippen molar-refractivity contribution in [1.82, 2.24) is 30.1 Å². The Hall–Kier alpha value is -4.28. The summed E-state index contributed by atoms with van der Waals surface area (Å²) in [5, 5.41) is 8.73. The fourth-order valence-electron chi connectivity index (χ4n) is 4.88. The number of allylic oxidation sites excluding steroid dienone is 3. The van der Waals surface area contributed by atoms with Gasteiger partial charge in [-0.05, 0) is 43.3 Å². The molecule has 1 aliphatic carbocycles. The second kappa shape index (κ2) is 8.39. The minimum absolute atomic E-state index is 0.198. The van der Waals surface area contributed by atoms with Crippen LogP contribution in [0.4, 0.5) is 5.82 Å². The van der Waals surface area contributed by atoms with Crippen molar-refractivity contribution in [1.29, 1.82) is 0 Å². The molecule has 10 heteroatoms. The maximum atomic E-state index is 6.28. The lowest BCUT2D eigenvalue weighted by atomic mass is 10.1. The van der Waals surface area contributed by atoms with Gasteiger partial charge >= 0.3 is 0 Å². The molecule has 5 heterocycles. The van der Waals surface area contributed by atoms with E-state index >= 15 is 0 Å². The Morgan fingerprint density at radius 1 is 1.05 bits per heavy atom. The zero-order valence-electron chi connectivity index (χ0n) is 20.2. The van der Waals surface area contributed by atoms with Gasteiger partial charge in [0.05, 0.1) is 29.3 Å². The number of aryl methyl sites for hydroxylation is 1. The topological polar surface area (TPSA) is 138 Å². The summed E-state index contributed by atoms with van der Waals surface area (Å²) in [4.78, 5) is 22.4. The van der Waals surface area contributed by atoms with Gasteiger partial charge in [-0.25, -0.2) is 9.97 Å². The van der Waals surface area contributed by atoms with E-state index in [9.17, 15) is 0 Å². The van der Waals surface area contributed by atoms with Crippen LogP contribution >= 0.6 is 11.3 Å². The summed E-state index contributed by atoms with van der Waals surface area (Å²) in [7, 11) is 0. The number of aromatic amines is 2. The maximum Gasteiger partial charge on any atom is 0.159 e. The van der Waals surface area contributed by atoms with Crippen molar-refractivity contribution >= 4 is 33.6 Å². The van der Waals surface area contributed by atoms with Gasteiger partial charge in [0, 0.05) is 63.2 Å². The molecule has 0 radical (unpaired) electrons. The van der Waals surface area contributed by atoms with Gasteiger partial charge in [0.2, 0.25) is 0 Å². The third-order valence-corrected chi connectivity index (χ3v) is 7.86. The van der Waals surface area contributed by atoms with Crippen molar-refractivity contribution in [3.8, 4) is 22.8 Å². The first-order valence-corrected chi connectivity index (χ1v) is 13.0. The number of aromatic nitrogens is 6. The largest absolute Gasteiger partial charge is 0.402 e. The highest BCUT2D eigenvalue weighted by Crippen LogP contribution is 2.36. The van der Waals surface area contributed by atoms with Crippen LogP contribution in [-0.2, 0) is 6.42 Å². The van der Waals surface area contributed by atoms with Crippen LogP contribution in [0.2, 0.25) is 0 Å². The van der Waals surface area contributed by atoms with Crippen LogP contribution < -0.4 is 16.4 Å². The maximum absolute atomic E-state index is 6.28. The molecule has 0 unspecified atom stereocenters. The van der Waals surface area contributed by atoms with E-state index in [2.05, 4.69) is 56.3 Å². The zero-order chi connectivity index (χ0) is 25.1. The molecule has 2 aliphatic rings. The fraction of sp³-hybridized carbons (Fsp3) is 0.185. The van der Waals surface area contributed by atoms with Crippen LogP contribution in [0.3, 0.4) is 0 Å². The number of benzene rings is 1. The lowest BCUT2D eigenvalue weighted by Crippen LogP contribution is -2.56. The van der Waals surface area contributed by atoms with Crippen molar-refractivity contribution in [3.63, 3.8) is 0 Å². The van der Waals surface area contributed by atoms with Crippen molar-refractivity contribution in [2.45, 2.75) is 19.4 Å². The third kappa shape index (κ3) is 3.81. The van der Waals surface area contributed by atoms with Gasteiger partial charge in [-0.3, -0.25) is 10.1 Å². The Morgan fingerprint density at radius 3 is 2.76 bits per heavy atom. The molecule has 6 N–H and O–H groups in total. The fourth-order valence-corrected chi connectivity index (χ4v) is 5.78. The first-order valence-electron chi connectivity index (χ1n) is 12.2. The van der Waals surface area contributed by atoms with Crippen LogP contribution in [0.25, 0.3) is 39.3 Å². The number of rotatable bonds is 4. The number of anilines is 1. The van der Waals surface area contributed by atoms with Gasteiger partial charge in [0.25, 0.3) is 0 Å². The summed E-state index contributed by atoms with van der Waals surface area (Å²) in [6, 6.07) is 10.6. The van der Waals surface area contributed by atoms with Gasteiger partial charge in [0.1, 0.15) is 11.5 Å². The summed E-state index contributed by atoms with van der Waals surface area (Å²) in [5.41, 5.74) is 19.4. The predicted octanol–water partition coefficient (Wildman–Crippen LogP) is 3.76. The van der Waals surface area contributed by atoms with Crippen molar-refractivity contribution in [2.75, 3.05) is 18.0 Å². The summed E-state index contributed by atoms with van der Waals surface area (Å²) in [5.74, 6) is 1.55. The highest BCUT2D eigenvalue weighted by Gasteiger charge is 2.25. The molecule has 4 aromatic heterocycles. The molecular formula is C27H25N9S. The van der Waals surface area contributed by atoms with Crippen LogP contribution in [0.5, 0.6) is 0 Å². The average Bonchev–Trinajstić information content (AvgIpc) is 3.59. The number of H-pyrrole nitrogens is 2. The van der Waals surface area contributed by atoms with Crippen LogP contribution in [0.15, 0.2) is 60.6 Å². The van der Waals surface area contributed by atoms with E-state index in [1.165, 1.54) is 9.75 Å². The predicted molar refractivity (Wildman–Crippen MR) is 147 cm³/mol. The summed E-state index contributed by atoms with van der Waals surface area (Å²) >= 11 is 1.75. The molecule has 0 amide bonds. The summed E-state index contributed by atoms with van der Waals surface area (Å²) < 4.78 is 0. The van der Waals surface area contributed by atoms with Crippen molar-refractivity contribution < 1.29 is 0 Å². The van der Waals surface area contributed by atoms with Gasteiger partial charge in [-0.15, -0.1) is 11.3 Å². The minimum atomic E-state index is 0.198. The normalized spacial score (nSPS) is 15.8.